The van der Waals surface area contributed by atoms with Gasteiger partial charge in [0.2, 0.25) is 0 Å². The standard InChI is InChI=1S/C4H6O6.GeH4/c5-1(3(7)8)2(6)4(9)10;/h1-2,5-6H,(H,7,8)(H,9,10);1H4. The Hall–Kier alpha value is -0.597. The van der Waals surface area contributed by atoms with E-state index in [0.29, 0.717) is 0 Å². The maximum absolute atomic E-state index is 9.77. The third kappa shape index (κ3) is 3.96. The monoisotopic (exact) mass is 228 g/mol. The number of carbonyl (C=O) groups is 2. The van der Waals surface area contributed by atoms with Crippen molar-refractivity contribution < 1.29 is 30.0 Å². The van der Waals surface area contributed by atoms with Crippen LogP contribution in [0.15, 0.2) is 0 Å². The first-order valence-electron chi connectivity index (χ1n) is 2.28. The van der Waals surface area contributed by atoms with Gasteiger partial charge in [-0.05, 0) is 0 Å². The van der Waals surface area contributed by atoms with Crippen LogP contribution in [0.25, 0.3) is 0 Å². The minimum absolute atomic E-state index is 0. The summed E-state index contributed by atoms with van der Waals surface area (Å²) in [7, 11) is 0. The fourth-order valence-electron chi connectivity index (χ4n) is 0.270. The van der Waals surface area contributed by atoms with Crippen molar-refractivity contribution in [3.63, 3.8) is 0 Å². The molecule has 66 valence electrons. The maximum atomic E-state index is 9.77. The molecule has 0 rings (SSSR count). The molecule has 11 heavy (non-hydrogen) atoms. The Morgan fingerprint density at radius 2 is 1.09 bits per heavy atom. The molecule has 0 saturated carbocycles. The van der Waals surface area contributed by atoms with E-state index in [2.05, 4.69) is 0 Å². The van der Waals surface area contributed by atoms with Crippen molar-refractivity contribution in [3.8, 4) is 0 Å². The van der Waals surface area contributed by atoms with Gasteiger partial charge < -0.3 is 20.4 Å². The second kappa shape index (κ2) is 5.11. The van der Waals surface area contributed by atoms with Crippen molar-refractivity contribution >= 4 is 29.5 Å². The fourth-order valence-corrected chi connectivity index (χ4v) is 0.270. The first kappa shape index (κ1) is 13.0. The van der Waals surface area contributed by atoms with Crippen molar-refractivity contribution in [2.75, 3.05) is 0 Å². The van der Waals surface area contributed by atoms with E-state index in [9.17, 15) is 9.59 Å². The summed E-state index contributed by atoms with van der Waals surface area (Å²) in [5.41, 5.74) is 0. The second-order valence-electron chi connectivity index (χ2n) is 1.57. The van der Waals surface area contributed by atoms with Crippen LogP contribution in [-0.4, -0.2) is 62.2 Å². The fraction of sp³-hybridized carbons (Fsp3) is 0.500. The zero-order chi connectivity index (χ0) is 8.31. The Balaban J connectivity index is 0. The van der Waals surface area contributed by atoms with Gasteiger partial charge in [0.1, 0.15) is 0 Å². The summed E-state index contributed by atoms with van der Waals surface area (Å²) >= 11 is 0. The van der Waals surface area contributed by atoms with Crippen molar-refractivity contribution in [2.45, 2.75) is 12.2 Å². The van der Waals surface area contributed by atoms with Crippen LogP contribution in [0.5, 0.6) is 0 Å². The predicted molar refractivity (Wildman–Crippen MR) is 38.6 cm³/mol. The number of aliphatic carboxylic acids is 2. The van der Waals surface area contributed by atoms with E-state index in [4.69, 9.17) is 20.4 Å². The van der Waals surface area contributed by atoms with E-state index in [1.165, 1.54) is 0 Å². The average Bonchev–Trinajstić information content (AvgIpc) is 1.84. The molecule has 0 radical (unpaired) electrons. The Morgan fingerprint density at radius 1 is 0.909 bits per heavy atom. The number of aliphatic hydroxyl groups is 2. The molecule has 0 aliphatic heterocycles. The van der Waals surface area contributed by atoms with Crippen LogP contribution in [0.4, 0.5) is 0 Å². The van der Waals surface area contributed by atoms with Crippen molar-refractivity contribution in [1.82, 2.24) is 0 Å². The van der Waals surface area contributed by atoms with Crippen molar-refractivity contribution in [3.05, 3.63) is 0 Å². The first-order valence-corrected chi connectivity index (χ1v) is 2.28. The zero-order valence-corrected chi connectivity index (χ0v) is 4.76. The van der Waals surface area contributed by atoms with Crippen LogP contribution in [-0.2, 0) is 9.59 Å². The summed E-state index contributed by atoms with van der Waals surface area (Å²) in [6, 6.07) is 0. The molecule has 0 aromatic carbocycles. The van der Waals surface area contributed by atoms with Gasteiger partial charge in [0, 0.05) is 0 Å². The number of hydrogen-bond acceptors (Lipinski definition) is 4. The molecule has 0 amide bonds. The number of hydrogen-bond donors (Lipinski definition) is 4. The summed E-state index contributed by atoms with van der Waals surface area (Å²) < 4.78 is 0. The van der Waals surface area contributed by atoms with Gasteiger partial charge in [-0.1, -0.05) is 0 Å². The van der Waals surface area contributed by atoms with Crippen LogP contribution < -0.4 is 0 Å². The number of rotatable bonds is 3. The SMILES string of the molecule is O=C(O)C(O)C(O)C(=O)O.[GeH4]. The predicted octanol–water partition coefficient (Wildman–Crippen LogP) is -3.57. The van der Waals surface area contributed by atoms with E-state index >= 15 is 0 Å². The van der Waals surface area contributed by atoms with Crippen molar-refractivity contribution in [2.24, 2.45) is 0 Å². The summed E-state index contributed by atoms with van der Waals surface area (Å²) in [5.74, 6) is -3.54. The summed E-state index contributed by atoms with van der Waals surface area (Å²) in [4.78, 5) is 19.5. The van der Waals surface area contributed by atoms with Gasteiger partial charge >= 0.3 is 29.5 Å². The van der Waals surface area contributed by atoms with E-state index < -0.39 is 24.1 Å². The molecule has 0 aliphatic rings. The first-order chi connectivity index (χ1) is 4.46. The normalized spacial score (nSPS) is 14.4. The third-order valence-electron chi connectivity index (χ3n) is 0.805. The Kier molecular flexibility index (Phi) is 6.05. The Labute approximate surface area is 72.4 Å². The molecule has 2 unspecified atom stereocenters. The number of carboxylic acid groups (broad SMARTS) is 2. The van der Waals surface area contributed by atoms with Crippen molar-refractivity contribution in [1.29, 1.82) is 0 Å². The topological polar surface area (TPSA) is 115 Å². The van der Waals surface area contributed by atoms with E-state index in [1.807, 2.05) is 0 Å². The summed E-state index contributed by atoms with van der Waals surface area (Å²) in [6.07, 6.45) is -4.53. The molecule has 0 aromatic heterocycles. The van der Waals surface area contributed by atoms with E-state index in [0.717, 1.165) is 0 Å². The van der Waals surface area contributed by atoms with E-state index in [-0.39, 0.29) is 17.6 Å². The molecule has 0 saturated heterocycles. The molecule has 4 N–H and O–H groups in total. The molecule has 0 fully saturated rings. The van der Waals surface area contributed by atoms with Gasteiger partial charge in [0.05, 0.1) is 0 Å². The van der Waals surface area contributed by atoms with Gasteiger partial charge in [0.25, 0.3) is 0 Å². The van der Waals surface area contributed by atoms with Gasteiger partial charge in [0.15, 0.2) is 12.2 Å². The third-order valence-corrected chi connectivity index (χ3v) is 0.805. The van der Waals surface area contributed by atoms with Gasteiger partial charge in [-0.15, -0.1) is 0 Å². The van der Waals surface area contributed by atoms with E-state index in [1.54, 1.807) is 0 Å². The second-order valence-corrected chi connectivity index (χ2v) is 1.57. The molecule has 2 atom stereocenters. The summed E-state index contributed by atoms with van der Waals surface area (Å²) in [5, 5.41) is 32.5. The molecule has 0 aromatic rings. The minimum atomic E-state index is -2.27. The molecular weight excluding hydrogens is 217 g/mol. The van der Waals surface area contributed by atoms with Gasteiger partial charge in [-0.2, -0.15) is 0 Å². The van der Waals surface area contributed by atoms with Crippen LogP contribution in [0.3, 0.4) is 0 Å². The number of carboxylic acids is 2. The van der Waals surface area contributed by atoms with Crippen LogP contribution in [0, 0.1) is 0 Å². The van der Waals surface area contributed by atoms with Gasteiger partial charge in [-0.3, -0.25) is 0 Å². The number of aliphatic hydroxyl groups excluding tert-OH is 2. The Morgan fingerprint density at radius 3 is 1.18 bits per heavy atom. The molecule has 6 nitrogen and oxygen atoms in total. The van der Waals surface area contributed by atoms with Crippen LogP contribution in [0.1, 0.15) is 0 Å². The average molecular weight is 227 g/mol. The van der Waals surface area contributed by atoms with Crippen LogP contribution >= 0.6 is 0 Å². The zero-order valence-electron chi connectivity index (χ0n) is 4.76. The molecule has 0 spiro atoms. The molecule has 0 aliphatic carbocycles. The summed E-state index contributed by atoms with van der Waals surface area (Å²) in [6.45, 7) is 0. The molecule has 0 heterocycles. The molecular formula is C4H10GeO6. The molecule has 0 bridgehead atoms. The van der Waals surface area contributed by atoms with Gasteiger partial charge in [-0.25, -0.2) is 9.59 Å². The Bertz CT molecular complexity index is 139. The quantitative estimate of drug-likeness (QED) is 0.370. The molecule has 7 heteroatoms. The van der Waals surface area contributed by atoms with Crippen LogP contribution in [0.2, 0.25) is 0 Å².